The summed E-state index contributed by atoms with van der Waals surface area (Å²) in [4.78, 5) is 8.02. The van der Waals surface area contributed by atoms with Crippen molar-refractivity contribution in [3.05, 3.63) is 199 Å². The topological polar surface area (TPSA) is 9.72 Å². The summed E-state index contributed by atoms with van der Waals surface area (Å²) < 4.78 is 5.26. The van der Waals surface area contributed by atoms with Gasteiger partial charge in [-0.3, -0.25) is 0 Å². The molecule has 0 N–H and O–H groups in total. The maximum atomic E-state index is 2.75. The van der Waals surface area contributed by atoms with Gasteiger partial charge in [0.15, 0.2) is 0 Å². The van der Waals surface area contributed by atoms with Crippen LogP contribution in [0.4, 0.5) is 45.5 Å². The summed E-state index contributed by atoms with van der Waals surface area (Å²) >= 11 is 3.78. The lowest BCUT2D eigenvalue weighted by Gasteiger charge is -2.50. The second-order valence-corrected chi connectivity index (χ2v) is 22.6. The van der Waals surface area contributed by atoms with Crippen LogP contribution < -0.4 is 31.1 Å². The molecule has 3 nitrogen and oxygen atoms in total. The summed E-state index contributed by atoms with van der Waals surface area (Å²) in [6, 6.07) is 72.0. The molecule has 69 heavy (non-hydrogen) atoms. The van der Waals surface area contributed by atoms with Crippen LogP contribution in [0, 0.1) is 6.92 Å². The monoisotopic (exact) mass is 921 g/mol. The molecule has 6 heteroatoms. The molecule has 0 saturated heterocycles. The first-order chi connectivity index (χ1) is 33.9. The van der Waals surface area contributed by atoms with E-state index in [1.54, 1.807) is 0 Å². The van der Waals surface area contributed by atoms with E-state index >= 15 is 0 Å². The van der Waals surface area contributed by atoms with Crippen LogP contribution in [0.3, 0.4) is 0 Å². The van der Waals surface area contributed by atoms with E-state index in [9.17, 15) is 0 Å². The number of hydrogen-bond donors (Lipinski definition) is 0. The van der Waals surface area contributed by atoms with E-state index in [2.05, 4.69) is 224 Å². The normalized spacial score (nSPS) is 19.0. The lowest BCUT2D eigenvalue weighted by molar-refractivity contribution is 0.195. The quantitative estimate of drug-likeness (QED) is 0.163. The van der Waals surface area contributed by atoms with Crippen LogP contribution >= 0.6 is 22.7 Å². The Morgan fingerprint density at radius 1 is 0.449 bits per heavy atom. The number of aryl methyl sites for hydroxylation is 1. The van der Waals surface area contributed by atoms with Crippen LogP contribution in [-0.2, 0) is 5.41 Å². The van der Waals surface area contributed by atoms with Gasteiger partial charge in [0.1, 0.15) is 0 Å². The van der Waals surface area contributed by atoms with E-state index in [-0.39, 0.29) is 17.7 Å². The fourth-order valence-electron chi connectivity index (χ4n) is 13.5. The molecule has 1 aliphatic carbocycles. The van der Waals surface area contributed by atoms with Crippen LogP contribution in [0.25, 0.3) is 51.5 Å². The van der Waals surface area contributed by atoms with Crippen LogP contribution in [-0.4, -0.2) is 12.3 Å². The van der Waals surface area contributed by atoms with Gasteiger partial charge in [-0.1, -0.05) is 129 Å². The Balaban J connectivity index is 1.03. The molecule has 2 unspecified atom stereocenters. The molecule has 0 bridgehead atoms. The van der Waals surface area contributed by atoms with Crippen LogP contribution in [0.15, 0.2) is 188 Å². The maximum Gasteiger partial charge on any atom is 0.252 e. The first-order valence-electron chi connectivity index (χ1n) is 24.7. The number of anilines is 8. The minimum atomic E-state index is -0.0581. The molecule has 11 aromatic rings. The van der Waals surface area contributed by atoms with E-state index in [0.29, 0.717) is 0 Å². The number of benzene rings is 9. The Hall–Kier alpha value is -7.12. The summed E-state index contributed by atoms with van der Waals surface area (Å²) in [5, 5.41) is 5.24. The zero-order valence-electron chi connectivity index (χ0n) is 39.0. The Bertz CT molecular complexity index is 3960. The van der Waals surface area contributed by atoms with E-state index in [1.165, 1.54) is 144 Å². The first-order valence-corrected chi connectivity index (χ1v) is 26.3. The molecule has 0 radical (unpaired) electrons. The van der Waals surface area contributed by atoms with Gasteiger partial charge in [0.25, 0.3) is 6.71 Å². The van der Waals surface area contributed by atoms with Crippen molar-refractivity contribution in [2.45, 2.75) is 57.4 Å². The minimum absolute atomic E-state index is 0.00231. The third-order valence-electron chi connectivity index (χ3n) is 16.8. The molecular formula is C63H48BN3S2. The summed E-state index contributed by atoms with van der Waals surface area (Å²) in [7, 11) is 0. The Labute approximate surface area is 411 Å². The average molecular weight is 922 g/mol. The average Bonchev–Trinajstić information content (AvgIpc) is 4.02. The van der Waals surface area contributed by atoms with Crippen molar-refractivity contribution in [1.82, 2.24) is 0 Å². The van der Waals surface area contributed by atoms with Crippen molar-refractivity contribution < 1.29 is 0 Å². The first kappa shape index (κ1) is 39.8. The Morgan fingerprint density at radius 3 is 1.94 bits per heavy atom. The van der Waals surface area contributed by atoms with Crippen molar-refractivity contribution in [3.63, 3.8) is 0 Å². The summed E-state index contributed by atoms with van der Waals surface area (Å²) in [5.74, 6) is 0. The predicted octanol–water partition coefficient (Wildman–Crippen LogP) is 16.2. The number of hydrogen-bond acceptors (Lipinski definition) is 5. The maximum absolute atomic E-state index is 2.75. The second-order valence-electron chi connectivity index (χ2n) is 20.4. The minimum Gasteiger partial charge on any atom is -0.334 e. The molecule has 0 amide bonds. The van der Waals surface area contributed by atoms with Crippen LogP contribution in [0.5, 0.6) is 0 Å². The predicted molar refractivity (Wildman–Crippen MR) is 299 cm³/mol. The van der Waals surface area contributed by atoms with Gasteiger partial charge in [-0.25, -0.2) is 0 Å². The number of rotatable bonds is 4. The molecule has 9 aromatic carbocycles. The lowest BCUT2D eigenvalue weighted by Crippen LogP contribution is -2.61. The lowest BCUT2D eigenvalue weighted by atomic mass is 9.33. The van der Waals surface area contributed by atoms with E-state index in [1.807, 2.05) is 22.7 Å². The number of para-hydroxylation sites is 1. The molecule has 3 aliphatic heterocycles. The molecule has 330 valence electrons. The smallest absolute Gasteiger partial charge is 0.252 e. The third kappa shape index (κ3) is 5.45. The molecule has 2 aromatic heterocycles. The van der Waals surface area contributed by atoms with Gasteiger partial charge in [-0.2, -0.15) is 0 Å². The van der Waals surface area contributed by atoms with Gasteiger partial charge in [-0.05, 0) is 144 Å². The zero-order chi connectivity index (χ0) is 45.8. The van der Waals surface area contributed by atoms with Gasteiger partial charge >= 0.3 is 0 Å². The van der Waals surface area contributed by atoms with Crippen molar-refractivity contribution in [2.75, 3.05) is 14.7 Å². The number of nitrogens with zero attached hydrogens (tertiary/aromatic N) is 3. The highest BCUT2D eigenvalue weighted by molar-refractivity contribution is 7.26. The van der Waals surface area contributed by atoms with Gasteiger partial charge in [0.05, 0.1) is 11.2 Å². The molecule has 4 aliphatic rings. The fourth-order valence-corrected chi connectivity index (χ4v) is 15.7. The Morgan fingerprint density at radius 2 is 1.09 bits per heavy atom. The summed E-state index contributed by atoms with van der Waals surface area (Å²) in [5.41, 5.74) is 19.2. The van der Waals surface area contributed by atoms with Gasteiger partial charge in [-0.15, -0.1) is 22.7 Å². The Kier molecular flexibility index (Phi) is 8.35. The van der Waals surface area contributed by atoms with Crippen molar-refractivity contribution in [1.29, 1.82) is 0 Å². The van der Waals surface area contributed by atoms with Crippen molar-refractivity contribution >= 4 is 132 Å². The second kappa shape index (κ2) is 14.5. The van der Waals surface area contributed by atoms with E-state index in [4.69, 9.17) is 0 Å². The molecule has 5 heterocycles. The molecule has 1 fully saturated rings. The number of fused-ring (bicyclic) bond motifs is 13. The van der Waals surface area contributed by atoms with Gasteiger partial charge in [0, 0.05) is 85.6 Å². The third-order valence-corrected chi connectivity index (χ3v) is 19.1. The SMILES string of the molecule is Cc1cc2c3c(c1)N(c1cccc4sc5ccccc5c14)c1cc(-c4ccccc4)ccc1B3c1ccc(N3c4ccccc4C4(C)CCCCC34C)cc1N2c1ccc2sc3ccccc3c2c1. The molecule has 15 rings (SSSR count). The summed E-state index contributed by atoms with van der Waals surface area (Å²) in [6.45, 7) is 7.39. The molecule has 2 atom stereocenters. The standard InChI is InChI=1S/C63H48BN3S2/c1-39-34-54-61-55(35-39)66(51-22-15-25-59-60(51)45-19-8-12-24-57(45)69-59)52-36-41(40-16-5-4-6-17-40)26-29-48(52)64(61)49-30-27-43(67-50-21-10-9-20-47(50)62(2)32-13-14-33-63(62,67)3)38-53(49)65(54)42-28-31-58-46(37-42)44-18-7-11-23-56(44)68-58/h4-12,15-31,34-38H,13-14,32-33H2,1-3H3. The highest BCUT2D eigenvalue weighted by Gasteiger charge is 2.57. The number of thiophene rings is 2. The highest BCUT2D eigenvalue weighted by atomic mass is 32.1. The van der Waals surface area contributed by atoms with E-state index in [0.717, 1.165) is 6.42 Å². The van der Waals surface area contributed by atoms with Crippen LogP contribution in [0.2, 0.25) is 0 Å². The van der Waals surface area contributed by atoms with Crippen molar-refractivity contribution in [2.24, 2.45) is 0 Å². The van der Waals surface area contributed by atoms with Crippen molar-refractivity contribution in [3.8, 4) is 11.1 Å². The molecular weight excluding hydrogens is 874 g/mol. The fraction of sp³-hybridized carbons (Fsp3) is 0.143. The molecule has 1 saturated carbocycles. The van der Waals surface area contributed by atoms with Crippen LogP contribution in [0.1, 0.15) is 50.7 Å². The van der Waals surface area contributed by atoms with E-state index < -0.39 is 0 Å². The summed E-state index contributed by atoms with van der Waals surface area (Å²) in [6.07, 6.45) is 4.87. The zero-order valence-corrected chi connectivity index (χ0v) is 40.6. The van der Waals surface area contributed by atoms with Gasteiger partial charge in [0.2, 0.25) is 0 Å². The van der Waals surface area contributed by atoms with Gasteiger partial charge < -0.3 is 14.7 Å². The molecule has 0 spiro atoms. The largest absolute Gasteiger partial charge is 0.334 e. The highest BCUT2D eigenvalue weighted by Crippen LogP contribution is 2.61.